The van der Waals surface area contributed by atoms with Crippen LogP contribution in [0.4, 0.5) is 5.69 Å². The molecule has 0 aromatic heterocycles. The standard InChI is InChI=1S/C23H18N2O2SSe/c1-17-7-10-19(11-8-17)28(26,27)25-14-13-23(29-20-5-3-2-4-6-20)21-15-18(16-24)9-12-22(21)25/h2-13,15H,14H2,1H3. The molecule has 0 aliphatic carbocycles. The molecular formula is C23H18N2O2SSe. The van der Waals surface area contributed by atoms with Crippen LogP contribution < -0.4 is 8.77 Å². The molecule has 0 N–H and O–H groups in total. The first-order valence-electron chi connectivity index (χ1n) is 9.06. The molecule has 0 spiro atoms. The number of benzene rings is 3. The van der Waals surface area contributed by atoms with Crippen LogP contribution in [0.1, 0.15) is 16.7 Å². The maximum absolute atomic E-state index is 13.3. The Morgan fingerprint density at radius 3 is 2.41 bits per heavy atom. The first kappa shape index (κ1) is 19.5. The van der Waals surface area contributed by atoms with Crippen LogP contribution >= 0.6 is 0 Å². The summed E-state index contributed by atoms with van der Waals surface area (Å²) in [5, 5.41) is 9.35. The van der Waals surface area contributed by atoms with Gasteiger partial charge in [-0.05, 0) is 0 Å². The Hall–Kier alpha value is -2.84. The first-order chi connectivity index (χ1) is 14.0. The second-order valence-corrected chi connectivity index (χ2v) is 10.9. The Morgan fingerprint density at radius 1 is 1.00 bits per heavy atom. The zero-order valence-corrected chi connectivity index (χ0v) is 18.3. The van der Waals surface area contributed by atoms with E-state index in [-0.39, 0.29) is 26.4 Å². The predicted molar refractivity (Wildman–Crippen MR) is 117 cm³/mol. The Labute approximate surface area is 177 Å². The SMILES string of the molecule is Cc1ccc(S(=O)(=O)N2CC=C([Se]c3ccccc3)c3cc(C#N)ccc32)cc1. The Morgan fingerprint density at radius 2 is 1.72 bits per heavy atom. The molecule has 29 heavy (non-hydrogen) atoms. The third kappa shape index (κ3) is 3.86. The number of sulfonamides is 1. The van der Waals surface area contributed by atoms with Crippen LogP contribution in [0.2, 0.25) is 0 Å². The molecule has 0 unspecified atom stereocenters. The van der Waals surface area contributed by atoms with E-state index in [1.807, 2.05) is 31.2 Å². The van der Waals surface area contributed by atoms with Gasteiger partial charge in [0.15, 0.2) is 0 Å². The molecule has 1 aliphatic rings. The summed E-state index contributed by atoms with van der Waals surface area (Å²) in [6, 6.07) is 24.4. The van der Waals surface area contributed by atoms with Gasteiger partial charge in [0.1, 0.15) is 0 Å². The number of nitrogens with zero attached hydrogens (tertiary/aromatic N) is 2. The second-order valence-electron chi connectivity index (χ2n) is 6.68. The number of fused-ring (bicyclic) bond motifs is 1. The molecule has 4 nitrogen and oxygen atoms in total. The van der Waals surface area contributed by atoms with E-state index < -0.39 is 10.0 Å². The molecule has 3 aromatic carbocycles. The van der Waals surface area contributed by atoms with Crippen molar-refractivity contribution in [2.75, 3.05) is 10.8 Å². The minimum absolute atomic E-state index is 0.0177. The third-order valence-corrected chi connectivity index (χ3v) is 8.81. The summed E-state index contributed by atoms with van der Waals surface area (Å²) < 4.78 is 30.4. The average Bonchev–Trinajstić information content (AvgIpc) is 2.74. The van der Waals surface area contributed by atoms with Gasteiger partial charge in [-0.2, -0.15) is 0 Å². The van der Waals surface area contributed by atoms with Gasteiger partial charge in [0, 0.05) is 0 Å². The number of aryl methyl sites for hydroxylation is 1. The molecule has 144 valence electrons. The van der Waals surface area contributed by atoms with Crippen molar-refractivity contribution in [3.63, 3.8) is 0 Å². The van der Waals surface area contributed by atoms with Crippen molar-refractivity contribution in [3.05, 3.63) is 95.6 Å². The molecule has 0 saturated carbocycles. The average molecular weight is 465 g/mol. The van der Waals surface area contributed by atoms with Gasteiger partial charge < -0.3 is 0 Å². The number of hydrogen-bond donors (Lipinski definition) is 0. The minimum atomic E-state index is -3.70. The third-order valence-electron chi connectivity index (χ3n) is 4.68. The fraction of sp³-hybridized carbons (Fsp3) is 0.0870. The second kappa shape index (κ2) is 7.88. The molecule has 1 heterocycles. The van der Waals surface area contributed by atoms with Crippen LogP contribution in [0, 0.1) is 18.3 Å². The number of rotatable bonds is 4. The fourth-order valence-electron chi connectivity index (χ4n) is 3.17. The van der Waals surface area contributed by atoms with Gasteiger partial charge in [-0.25, -0.2) is 0 Å². The van der Waals surface area contributed by atoms with E-state index in [9.17, 15) is 13.7 Å². The summed E-state index contributed by atoms with van der Waals surface area (Å²) in [7, 11) is -3.70. The van der Waals surface area contributed by atoms with Gasteiger partial charge in [-0.3, -0.25) is 0 Å². The summed E-state index contributed by atoms with van der Waals surface area (Å²) in [6.45, 7) is 2.20. The number of hydrogen-bond acceptors (Lipinski definition) is 3. The molecule has 3 aromatic rings. The van der Waals surface area contributed by atoms with Gasteiger partial charge in [0.2, 0.25) is 0 Å². The van der Waals surface area contributed by atoms with E-state index >= 15 is 0 Å². The quantitative estimate of drug-likeness (QED) is 0.555. The molecule has 1 aliphatic heterocycles. The van der Waals surface area contributed by atoms with Crippen molar-refractivity contribution in [1.29, 1.82) is 5.26 Å². The van der Waals surface area contributed by atoms with Gasteiger partial charge in [0.05, 0.1) is 0 Å². The number of anilines is 1. The van der Waals surface area contributed by atoms with E-state index in [1.165, 1.54) is 8.77 Å². The van der Waals surface area contributed by atoms with Gasteiger partial charge in [-0.1, -0.05) is 0 Å². The van der Waals surface area contributed by atoms with Crippen LogP contribution in [0.25, 0.3) is 4.47 Å². The Kier molecular flexibility index (Phi) is 5.29. The Bertz CT molecular complexity index is 1230. The molecule has 4 rings (SSSR count). The van der Waals surface area contributed by atoms with E-state index in [4.69, 9.17) is 0 Å². The first-order valence-corrected chi connectivity index (χ1v) is 12.2. The molecule has 0 saturated heterocycles. The van der Waals surface area contributed by atoms with Crippen LogP contribution in [-0.2, 0) is 10.0 Å². The molecule has 6 heteroatoms. The van der Waals surface area contributed by atoms with Crippen LogP contribution in [0.15, 0.2) is 83.8 Å². The predicted octanol–water partition coefficient (Wildman–Crippen LogP) is 3.45. The topological polar surface area (TPSA) is 61.2 Å². The van der Waals surface area contributed by atoms with E-state index in [0.29, 0.717) is 11.3 Å². The summed E-state index contributed by atoms with van der Waals surface area (Å²) >= 11 is 0.0177. The van der Waals surface area contributed by atoms with Gasteiger partial charge in [-0.15, -0.1) is 0 Å². The van der Waals surface area contributed by atoms with Gasteiger partial charge in [0.25, 0.3) is 0 Å². The summed E-state index contributed by atoms with van der Waals surface area (Å²) in [6.07, 6.45) is 1.97. The van der Waals surface area contributed by atoms with Crippen LogP contribution in [0.3, 0.4) is 0 Å². The molecule has 0 bridgehead atoms. The summed E-state index contributed by atoms with van der Waals surface area (Å²) in [5.74, 6) is 0. The van der Waals surface area contributed by atoms with Crippen LogP contribution in [0.5, 0.6) is 0 Å². The van der Waals surface area contributed by atoms with E-state index in [1.54, 1.807) is 42.5 Å². The molecular weight excluding hydrogens is 447 g/mol. The summed E-state index contributed by atoms with van der Waals surface area (Å²) in [5.41, 5.74) is 2.97. The normalized spacial score (nSPS) is 13.4. The Balaban J connectivity index is 1.78. The van der Waals surface area contributed by atoms with Crippen molar-refractivity contribution in [2.24, 2.45) is 0 Å². The molecule has 0 radical (unpaired) electrons. The van der Waals surface area contributed by atoms with Crippen LogP contribution in [-0.4, -0.2) is 29.9 Å². The van der Waals surface area contributed by atoms with E-state index in [0.717, 1.165) is 15.6 Å². The zero-order valence-electron chi connectivity index (χ0n) is 15.7. The van der Waals surface area contributed by atoms with E-state index in [2.05, 4.69) is 18.2 Å². The zero-order chi connectivity index (χ0) is 20.4. The molecule has 0 fully saturated rings. The number of nitriles is 1. The van der Waals surface area contributed by atoms with Crippen molar-refractivity contribution in [1.82, 2.24) is 0 Å². The monoisotopic (exact) mass is 466 g/mol. The summed E-state index contributed by atoms with van der Waals surface area (Å²) in [4.78, 5) is 0.267. The molecule has 0 atom stereocenters. The van der Waals surface area contributed by atoms with Crippen molar-refractivity contribution >= 4 is 39.6 Å². The van der Waals surface area contributed by atoms with Crippen molar-refractivity contribution in [3.8, 4) is 6.07 Å². The van der Waals surface area contributed by atoms with Crippen molar-refractivity contribution < 1.29 is 8.42 Å². The van der Waals surface area contributed by atoms with Gasteiger partial charge >= 0.3 is 178 Å². The maximum atomic E-state index is 13.3. The molecule has 0 amide bonds. The fourth-order valence-corrected chi connectivity index (χ4v) is 6.65. The van der Waals surface area contributed by atoms with Crippen molar-refractivity contribution in [2.45, 2.75) is 11.8 Å².